The summed E-state index contributed by atoms with van der Waals surface area (Å²) >= 11 is 0. The highest BCUT2D eigenvalue weighted by Gasteiger charge is 2.37. The molecule has 0 amide bonds. The molecule has 18 heavy (non-hydrogen) atoms. The van der Waals surface area contributed by atoms with E-state index in [1.807, 2.05) is 0 Å². The van der Waals surface area contributed by atoms with Crippen molar-refractivity contribution in [3.63, 3.8) is 0 Å². The van der Waals surface area contributed by atoms with Crippen LogP contribution in [-0.4, -0.2) is 28.3 Å². The lowest BCUT2D eigenvalue weighted by atomic mass is 10.1. The van der Waals surface area contributed by atoms with Crippen molar-refractivity contribution in [1.29, 1.82) is 0 Å². The lowest BCUT2D eigenvalue weighted by Gasteiger charge is -2.07. The van der Waals surface area contributed by atoms with Gasteiger partial charge in [-0.15, -0.1) is 0 Å². The summed E-state index contributed by atoms with van der Waals surface area (Å²) in [6.45, 7) is 0.904. The minimum Gasteiger partial charge on any atom is -0.504 e. The van der Waals surface area contributed by atoms with Crippen LogP contribution >= 0.6 is 0 Å². The summed E-state index contributed by atoms with van der Waals surface area (Å²) in [4.78, 5) is 18.3. The number of aliphatic imine (C=N–C) groups is 1. The van der Waals surface area contributed by atoms with Crippen molar-refractivity contribution in [2.24, 2.45) is 4.99 Å². The standard InChI is InChI=1S/C11H9F3N2O2/c1-7(17)8(10(18)11(12,13)14)6-16-9-4-2-3-5-15-9/h2-6,18H,1H3/b10-8+,16-6+. The number of rotatable bonds is 3. The summed E-state index contributed by atoms with van der Waals surface area (Å²) in [5.41, 5.74) is -0.909. The van der Waals surface area contributed by atoms with Gasteiger partial charge in [-0.3, -0.25) is 4.79 Å². The summed E-state index contributed by atoms with van der Waals surface area (Å²) in [5.74, 6) is -2.77. The maximum absolute atomic E-state index is 12.2. The largest absolute Gasteiger partial charge is 0.504 e. The van der Waals surface area contributed by atoms with Crippen molar-refractivity contribution >= 4 is 17.8 Å². The third-order valence-electron chi connectivity index (χ3n) is 1.88. The van der Waals surface area contributed by atoms with Gasteiger partial charge in [0.05, 0.1) is 5.57 Å². The Kier molecular flexibility index (Phi) is 4.19. The number of aliphatic hydroxyl groups excluding tert-OH is 1. The highest BCUT2D eigenvalue weighted by Crippen LogP contribution is 2.26. The Bertz CT molecular complexity index is 493. The zero-order valence-corrected chi connectivity index (χ0v) is 9.27. The van der Waals surface area contributed by atoms with E-state index in [-0.39, 0.29) is 5.82 Å². The van der Waals surface area contributed by atoms with Gasteiger partial charge in [0.1, 0.15) is 0 Å². The molecule has 0 atom stereocenters. The number of nitrogens with zero attached hydrogens (tertiary/aromatic N) is 2. The first kappa shape index (κ1) is 13.9. The Balaban J connectivity index is 3.10. The molecule has 1 aromatic rings. The van der Waals surface area contributed by atoms with Crippen LogP contribution < -0.4 is 0 Å². The van der Waals surface area contributed by atoms with Gasteiger partial charge in [0.25, 0.3) is 0 Å². The van der Waals surface area contributed by atoms with Gasteiger partial charge in [0, 0.05) is 12.4 Å². The first-order valence-corrected chi connectivity index (χ1v) is 4.79. The lowest BCUT2D eigenvalue weighted by molar-refractivity contribution is -0.125. The van der Waals surface area contributed by atoms with Crippen LogP contribution in [0.15, 0.2) is 40.7 Å². The minimum atomic E-state index is -4.99. The van der Waals surface area contributed by atoms with Crippen LogP contribution in [0.3, 0.4) is 0 Å². The number of ketones is 1. The molecular weight excluding hydrogens is 249 g/mol. The third-order valence-corrected chi connectivity index (χ3v) is 1.88. The number of pyridine rings is 1. The van der Waals surface area contributed by atoms with Crippen molar-refractivity contribution < 1.29 is 23.1 Å². The van der Waals surface area contributed by atoms with Crippen LogP contribution in [0.1, 0.15) is 6.92 Å². The predicted molar refractivity (Wildman–Crippen MR) is 58.8 cm³/mol. The second-order valence-corrected chi connectivity index (χ2v) is 3.26. The number of Topliss-reactive ketones (excluding diaryl/α,β-unsaturated/α-hetero) is 1. The topological polar surface area (TPSA) is 62.5 Å². The fourth-order valence-corrected chi connectivity index (χ4v) is 1.03. The first-order valence-electron chi connectivity index (χ1n) is 4.79. The molecule has 1 heterocycles. The summed E-state index contributed by atoms with van der Waals surface area (Å²) in [5, 5.41) is 8.92. The summed E-state index contributed by atoms with van der Waals surface area (Å²) in [6.07, 6.45) is -2.95. The van der Waals surface area contributed by atoms with Crippen molar-refractivity contribution in [3.05, 3.63) is 35.7 Å². The zero-order valence-electron chi connectivity index (χ0n) is 9.27. The van der Waals surface area contributed by atoms with Crippen LogP contribution in [-0.2, 0) is 4.79 Å². The molecule has 0 bridgehead atoms. The van der Waals surface area contributed by atoms with Crippen molar-refractivity contribution in [1.82, 2.24) is 4.98 Å². The number of carbonyl (C=O) groups excluding carboxylic acids is 1. The van der Waals surface area contributed by atoms with E-state index in [1.54, 1.807) is 12.1 Å². The molecule has 0 aliphatic rings. The summed E-state index contributed by atoms with van der Waals surface area (Å²) in [6, 6.07) is 4.63. The Labute approximate surface area is 100 Å². The molecule has 96 valence electrons. The van der Waals surface area contributed by atoms with Gasteiger partial charge in [-0.25, -0.2) is 9.98 Å². The molecule has 0 saturated carbocycles. The molecule has 0 aliphatic carbocycles. The number of aromatic nitrogens is 1. The predicted octanol–water partition coefficient (Wildman–Crippen LogP) is 2.75. The molecule has 1 rings (SSSR count). The van der Waals surface area contributed by atoms with Gasteiger partial charge >= 0.3 is 6.18 Å². The van der Waals surface area contributed by atoms with E-state index in [0.717, 1.165) is 6.92 Å². The van der Waals surface area contributed by atoms with Gasteiger partial charge in [-0.05, 0) is 19.1 Å². The average molecular weight is 258 g/mol. The fraction of sp³-hybridized carbons (Fsp3) is 0.182. The Hall–Kier alpha value is -2.18. The minimum absolute atomic E-state index is 0.131. The molecule has 0 unspecified atom stereocenters. The smallest absolute Gasteiger partial charge is 0.449 e. The quantitative estimate of drug-likeness (QED) is 0.515. The molecule has 0 aliphatic heterocycles. The maximum atomic E-state index is 12.2. The van der Waals surface area contributed by atoms with Gasteiger partial charge in [0.2, 0.25) is 5.76 Å². The summed E-state index contributed by atoms with van der Waals surface area (Å²) < 4.78 is 36.7. The zero-order chi connectivity index (χ0) is 13.8. The average Bonchev–Trinajstić information content (AvgIpc) is 2.28. The van der Waals surface area contributed by atoms with E-state index in [2.05, 4.69) is 9.98 Å². The SMILES string of the molecule is CC(=O)C(/C=N/c1ccccn1)=C(/O)C(F)(F)F. The van der Waals surface area contributed by atoms with Gasteiger partial charge in [-0.2, -0.15) is 13.2 Å². The molecule has 0 fully saturated rings. The molecular formula is C11H9F3N2O2. The monoisotopic (exact) mass is 258 g/mol. The second kappa shape index (κ2) is 5.44. The highest BCUT2D eigenvalue weighted by molar-refractivity contribution is 6.13. The van der Waals surface area contributed by atoms with Crippen molar-refractivity contribution in [3.8, 4) is 0 Å². The van der Waals surface area contributed by atoms with E-state index in [9.17, 15) is 18.0 Å². The molecule has 0 saturated heterocycles. The molecule has 0 radical (unpaired) electrons. The molecule has 7 heteroatoms. The maximum Gasteiger partial charge on any atom is 0.449 e. The number of hydrogen-bond donors (Lipinski definition) is 1. The number of carbonyl (C=O) groups is 1. The molecule has 1 N–H and O–H groups in total. The normalized spacial score (nSPS) is 13.6. The highest BCUT2D eigenvalue weighted by atomic mass is 19.4. The van der Waals surface area contributed by atoms with E-state index < -0.39 is 23.3 Å². The van der Waals surface area contributed by atoms with Gasteiger partial charge in [-0.1, -0.05) is 6.07 Å². The number of alkyl halides is 3. The van der Waals surface area contributed by atoms with E-state index >= 15 is 0 Å². The van der Waals surface area contributed by atoms with Crippen LogP contribution in [0.5, 0.6) is 0 Å². The second-order valence-electron chi connectivity index (χ2n) is 3.26. The van der Waals surface area contributed by atoms with Crippen molar-refractivity contribution in [2.45, 2.75) is 13.1 Å². The number of aliphatic hydroxyl groups is 1. The molecule has 0 aromatic carbocycles. The Morgan fingerprint density at radius 1 is 1.44 bits per heavy atom. The molecule has 4 nitrogen and oxygen atoms in total. The third kappa shape index (κ3) is 3.69. The molecule has 1 aromatic heterocycles. The van der Waals surface area contributed by atoms with E-state index in [4.69, 9.17) is 5.11 Å². The Morgan fingerprint density at radius 2 is 2.11 bits per heavy atom. The fourth-order valence-electron chi connectivity index (χ4n) is 1.03. The number of halogens is 3. The lowest BCUT2D eigenvalue weighted by Crippen LogP contribution is -2.17. The van der Waals surface area contributed by atoms with Crippen LogP contribution in [0.4, 0.5) is 19.0 Å². The van der Waals surface area contributed by atoms with E-state index in [1.165, 1.54) is 12.3 Å². The number of allylic oxidation sites excluding steroid dienone is 2. The number of hydrogen-bond acceptors (Lipinski definition) is 4. The molecule has 0 spiro atoms. The van der Waals surface area contributed by atoms with Crippen LogP contribution in [0.25, 0.3) is 0 Å². The van der Waals surface area contributed by atoms with Gasteiger partial charge < -0.3 is 5.11 Å². The van der Waals surface area contributed by atoms with Crippen molar-refractivity contribution in [2.75, 3.05) is 0 Å². The van der Waals surface area contributed by atoms with Crippen LogP contribution in [0.2, 0.25) is 0 Å². The van der Waals surface area contributed by atoms with E-state index in [0.29, 0.717) is 6.21 Å². The van der Waals surface area contributed by atoms with Gasteiger partial charge in [0.15, 0.2) is 11.6 Å². The first-order chi connectivity index (χ1) is 8.32. The summed E-state index contributed by atoms with van der Waals surface area (Å²) in [7, 11) is 0. The van der Waals surface area contributed by atoms with Crippen LogP contribution in [0, 0.1) is 0 Å². The Morgan fingerprint density at radius 3 is 2.56 bits per heavy atom.